The molecular weight excluding hydrogens is 454 g/mol. The third-order valence-corrected chi connectivity index (χ3v) is 7.20. The minimum atomic E-state index is -0.290. The predicted octanol–water partition coefficient (Wildman–Crippen LogP) is 9.29. The Morgan fingerprint density at radius 1 is 0.784 bits per heavy atom. The van der Waals surface area contributed by atoms with Crippen molar-refractivity contribution in [2.75, 3.05) is 0 Å². The molecule has 0 fully saturated rings. The fourth-order valence-electron chi connectivity index (χ4n) is 5.02. The Kier molecular flexibility index (Phi) is 7.38. The molecule has 0 unspecified atom stereocenters. The Bertz CT molecular complexity index is 1230. The molecule has 37 heavy (non-hydrogen) atoms. The minimum Gasteiger partial charge on any atom is -0.507 e. The molecule has 2 aromatic rings. The molecule has 1 aliphatic rings. The van der Waals surface area contributed by atoms with Gasteiger partial charge in [0.25, 0.3) is 0 Å². The lowest BCUT2D eigenvalue weighted by molar-refractivity contribution is 0.264. The lowest BCUT2D eigenvalue weighted by Crippen LogP contribution is -2.22. The monoisotopic (exact) mass is 500 g/mol. The average molecular weight is 501 g/mol. The number of hydrogen-bond donors (Lipinski definition) is 1. The van der Waals surface area contributed by atoms with Crippen LogP contribution in [0.1, 0.15) is 112 Å². The fraction of sp³-hybridized carbons (Fsp3) is 0.500. The van der Waals surface area contributed by atoms with Crippen LogP contribution in [0.3, 0.4) is 0 Å². The van der Waals surface area contributed by atoms with Crippen LogP contribution in [-0.2, 0) is 15.9 Å². The van der Waals surface area contributed by atoms with Crippen molar-refractivity contribution >= 4 is 5.57 Å². The Balaban J connectivity index is 2.51. The summed E-state index contributed by atoms with van der Waals surface area (Å²) in [5.41, 5.74) is 6.81. The first kappa shape index (κ1) is 28.8. The number of rotatable bonds is 2. The molecule has 0 amide bonds. The SMILES string of the molecule is CC(C)(C)C1=CC(=C(c2cccnc2)c2cc(C(C)(C)C)c(O)c(C(C)(C)C)c2)CC(C(C)(C)C)=C1[O]. The lowest BCUT2D eigenvalue weighted by Gasteiger charge is -2.34. The highest BCUT2D eigenvalue weighted by Crippen LogP contribution is 2.48. The molecule has 1 aromatic carbocycles. The second-order valence-electron chi connectivity index (χ2n) is 14.6. The Labute approximate surface area is 225 Å². The van der Waals surface area contributed by atoms with Crippen molar-refractivity contribution in [2.24, 2.45) is 10.8 Å². The molecular formula is C34H46NO2. The van der Waals surface area contributed by atoms with Crippen LogP contribution in [-0.4, -0.2) is 10.1 Å². The summed E-state index contributed by atoms with van der Waals surface area (Å²) in [6.07, 6.45) is 6.40. The van der Waals surface area contributed by atoms with Gasteiger partial charge in [0.15, 0.2) is 5.76 Å². The van der Waals surface area contributed by atoms with Crippen LogP contribution in [0, 0.1) is 10.8 Å². The molecule has 0 saturated carbocycles. The van der Waals surface area contributed by atoms with Gasteiger partial charge in [-0.05, 0) is 68.6 Å². The van der Waals surface area contributed by atoms with Crippen LogP contribution in [0.15, 0.2) is 65.2 Å². The number of benzene rings is 1. The number of hydrogen-bond acceptors (Lipinski definition) is 2. The van der Waals surface area contributed by atoms with Crippen LogP contribution in [0.5, 0.6) is 5.75 Å². The molecule has 0 atom stereocenters. The first-order chi connectivity index (χ1) is 16.7. The largest absolute Gasteiger partial charge is 0.507 e. The van der Waals surface area contributed by atoms with Gasteiger partial charge in [-0.3, -0.25) is 10.1 Å². The maximum Gasteiger partial charge on any atom is 0.182 e. The van der Waals surface area contributed by atoms with Gasteiger partial charge in [0, 0.05) is 34.7 Å². The van der Waals surface area contributed by atoms with E-state index in [9.17, 15) is 10.2 Å². The quantitative estimate of drug-likeness (QED) is 0.446. The molecule has 0 saturated heterocycles. The minimum absolute atomic E-state index is 0.172. The standard InChI is InChI=1S/C34H46NO2/c1-31(2,3)24-16-22(17-25(29(24)36)32(4,5)6)28(21-14-13-15-35-20-21)23-18-26(33(7,8)9)30(37)27(19-23)34(10,11)12/h13-18,20,36H,19H2,1-12H3. The fourth-order valence-corrected chi connectivity index (χ4v) is 5.02. The predicted molar refractivity (Wildman–Crippen MR) is 155 cm³/mol. The van der Waals surface area contributed by atoms with Gasteiger partial charge < -0.3 is 5.11 Å². The van der Waals surface area contributed by atoms with E-state index in [1.54, 1.807) is 6.20 Å². The highest BCUT2D eigenvalue weighted by Gasteiger charge is 2.35. The lowest BCUT2D eigenvalue weighted by atomic mass is 9.71. The van der Waals surface area contributed by atoms with Crippen LogP contribution in [0.4, 0.5) is 0 Å². The molecule has 0 bridgehead atoms. The second-order valence-corrected chi connectivity index (χ2v) is 14.6. The zero-order valence-corrected chi connectivity index (χ0v) is 25.1. The maximum atomic E-state index is 13.7. The van der Waals surface area contributed by atoms with Gasteiger partial charge in [-0.2, -0.15) is 0 Å². The van der Waals surface area contributed by atoms with Gasteiger partial charge in [-0.15, -0.1) is 0 Å². The first-order valence-electron chi connectivity index (χ1n) is 13.4. The molecule has 1 radical (unpaired) electrons. The number of phenols is 1. The van der Waals surface area contributed by atoms with Crippen molar-refractivity contribution in [3.8, 4) is 5.75 Å². The van der Waals surface area contributed by atoms with Crippen LogP contribution in [0.2, 0.25) is 0 Å². The summed E-state index contributed by atoms with van der Waals surface area (Å²) >= 11 is 0. The highest BCUT2D eigenvalue weighted by molar-refractivity contribution is 5.85. The highest BCUT2D eigenvalue weighted by atomic mass is 16.3. The summed E-state index contributed by atoms with van der Waals surface area (Å²) in [5.74, 6) is 0.539. The van der Waals surface area contributed by atoms with Crippen LogP contribution >= 0.6 is 0 Å². The van der Waals surface area contributed by atoms with Crippen molar-refractivity contribution in [3.05, 3.63) is 87.5 Å². The van der Waals surface area contributed by atoms with E-state index in [0.29, 0.717) is 12.2 Å². The van der Waals surface area contributed by atoms with Crippen molar-refractivity contribution in [1.82, 2.24) is 4.98 Å². The van der Waals surface area contributed by atoms with E-state index in [1.165, 1.54) is 0 Å². The summed E-state index contributed by atoms with van der Waals surface area (Å²) in [4.78, 5) is 4.46. The summed E-state index contributed by atoms with van der Waals surface area (Å²) in [6.45, 7) is 25.5. The third-order valence-electron chi connectivity index (χ3n) is 7.20. The van der Waals surface area contributed by atoms with Gasteiger partial charge in [-0.25, -0.2) is 0 Å². The molecule has 1 aliphatic carbocycles. The Morgan fingerprint density at radius 3 is 1.73 bits per heavy atom. The van der Waals surface area contributed by atoms with E-state index < -0.39 is 0 Å². The van der Waals surface area contributed by atoms with Gasteiger partial charge in [0.05, 0.1) is 0 Å². The molecule has 199 valence electrons. The average Bonchev–Trinajstić information content (AvgIpc) is 2.73. The molecule has 1 heterocycles. The van der Waals surface area contributed by atoms with E-state index >= 15 is 0 Å². The molecule has 0 aliphatic heterocycles. The van der Waals surface area contributed by atoms with E-state index in [2.05, 4.69) is 112 Å². The van der Waals surface area contributed by atoms with E-state index in [-0.39, 0.29) is 27.4 Å². The van der Waals surface area contributed by atoms with Gasteiger partial charge >= 0.3 is 0 Å². The number of pyridine rings is 1. The third kappa shape index (κ3) is 6.03. The zero-order valence-electron chi connectivity index (χ0n) is 25.1. The first-order valence-corrected chi connectivity index (χ1v) is 13.4. The van der Waals surface area contributed by atoms with Crippen molar-refractivity contribution in [3.63, 3.8) is 0 Å². The summed E-state index contributed by atoms with van der Waals surface area (Å²) in [5, 5.41) is 25.1. The topological polar surface area (TPSA) is 53.0 Å². The summed E-state index contributed by atoms with van der Waals surface area (Å²) in [6, 6.07) is 8.32. The summed E-state index contributed by atoms with van der Waals surface area (Å²) < 4.78 is 0. The van der Waals surface area contributed by atoms with E-state index in [4.69, 9.17) is 0 Å². The zero-order chi connectivity index (χ0) is 28.1. The van der Waals surface area contributed by atoms with Gasteiger partial charge in [0.1, 0.15) is 5.75 Å². The van der Waals surface area contributed by atoms with Crippen LogP contribution in [0.25, 0.3) is 5.57 Å². The number of nitrogens with zero attached hydrogens (tertiary/aromatic N) is 1. The maximum absolute atomic E-state index is 13.7. The van der Waals surface area contributed by atoms with Gasteiger partial charge in [-0.1, -0.05) is 95.2 Å². The second kappa shape index (κ2) is 9.49. The smallest absolute Gasteiger partial charge is 0.182 e. The normalized spacial score (nSPS) is 17.1. The van der Waals surface area contributed by atoms with Crippen molar-refractivity contribution < 1.29 is 10.2 Å². The van der Waals surface area contributed by atoms with Crippen LogP contribution < -0.4 is 0 Å². The van der Waals surface area contributed by atoms with E-state index in [0.717, 1.165) is 44.5 Å². The van der Waals surface area contributed by atoms with Crippen molar-refractivity contribution in [1.29, 1.82) is 0 Å². The number of phenolic OH excluding ortho intramolecular Hbond substituents is 1. The summed E-state index contributed by atoms with van der Waals surface area (Å²) in [7, 11) is 0. The van der Waals surface area contributed by atoms with Crippen molar-refractivity contribution in [2.45, 2.75) is 100 Å². The Morgan fingerprint density at radius 2 is 1.32 bits per heavy atom. The number of aromatic hydroxyl groups is 1. The Hall–Kier alpha value is -2.81. The number of allylic oxidation sites excluding steroid dienone is 4. The molecule has 3 nitrogen and oxygen atoms in total. The molecule has 3 rings (SSSR count). The molecule has 1 aromatic heterocycles. The molecule has 1 N–H and O–H groups in total. The molecule has 3 heteroatoms. The van der Waals surface area contributed by atoms with E-state index in [1.807, 2.05) is 12.3 Å². The van der Waals surface area contributed by atoms with Gasteiger partial charge in [0.2, 0.25) is 0 Å². The number of aromatic nitrogens is 1. The molecule has 0 spiro atoms.